The molecule has 0 radical (unpaired) electrons. The zero-order valence-electron chi connectivity index (χ0n) is 17.2. The summed E-state index contributed by atoms with van der Waals surface area (Å²) in [6, 6.07) is 11.8. The zero-order valence-corrected chi connectivity index (χ0v) is 17.2. The van der Waals surface area contributed by atoms with Crippen molar-refractivity contribution in [3.05, 3.63) is 78.0 Å². The van der Waals surface area contributed by atoms with Gasteiger partial charge in [0.15, 0.2) is 0 Å². The van der Waals surface area contributed by atoms with E-state index >= 15 is 0 Å². The molecule has 0 unspecified atom stereocenters. The maximum atomic E-state index is 14.8. The lowest BCUT2D eigenvalue weighted by atomic mass is 10.1. The number of rotatable bonds is 7. The van der Waals surface area contributed by atoms with Crippen molar-refractivity contribution < 1.29 is 14.0 Å². The molecule has 6 nitrogen and oxygen atoms in total. The highest BCUT2D eigenvalue weighted by Crippen LogP contribution is 2.33. The Balaban J connectivity index is 1.45. The van der Waals surface area contributed by atoms with Crippen LogP contribution in [0.2, 0.25) is 0 Å². The zero-order chi connectivity index (χ0) is 21.8. The fourth-order valence-electron chi connectivity index (χ4n) is 3.33. The first-order valence-corrected chi connectivity index (χ1v) is 10.2. The van der Waals surface area contributed by atoms with Gasteiger partial charge in [-0.25, -0.2) is 4.39 Å². The van der Waals surface area contributed by atoms with Gasteiger partial charge in [0.25, 0.3) is 5.91 Å². The van der Waals surface area contributed by atoms with Crippen LogP contribution >= 0.6 is 0 Å². The Hall–Kier alpha value is -3.61. The minimum atomic E-state index is -0.464. The van der Waals surface area contributed by atoms with Crippen molar-refractivity contribution >= 4 is 17.5 Å². The molecule has 1 saturated carbocycles. The maximum Gasteiger partial charge on any atom is 0.253 e. The topological polar surface area (TPSA) is 75.2 Å². The Labute approximate surface area is 180 Å². The van der Waals surface area contributed by atoms with Crippen molar-refractivity contribution in [2.45, 2.75) is 26.3 Å². The van der Waals surface area contributed by atoms with Crippen LogP contribution in [0.15, 0.2) is 61.1 Å². The molecular formula is C24H23FN4O2. The predicted molar refractivity (Wildman–Crippen MR) is 116 cm³/mol. The van der Waals surface area contributed by atoms with Crippen molar-refractivity contribution in [3.63, 3.8) is 0 Å². The van der Waals surface area contributed by atoms with Crippen LogP contribution in [-0.2, 0) is 11.3 Å². The van der Waals surface area contributed by atoms with Crippen LogP contribution in [0.4, 0.5) is 10.1 Å². The van der Waals surface area contributed by atoms with Crippen LogP contribution in [0.25, 0.3) is 11.3 Å². The van der Waals surface area contributed by atoms with Crippen molar-refractivity contribution in [1.82, 2.24) is 15.3 Å². The Morgan fingerprint density at radius 1 is 1.16 bits per heavy atom. The summed E-state index contributed by atoms with van der Waals surface area (Å²) in [5, 5.41) is 2.82. The lowest BCUT2D eigenvalue weighted by Crippen LogP contribution is -2.31. The molecule has 0 aliphatic heterocycles. The Kier molecular flexibility index (Phi) is 6.02. The molecule has 4 rings (SSSR count). The summed E-state index contributed by atoms with van der Waals surface area (Å²) in [6.07, 6.45) is 6.99. The van der Waals surface area contributed by atoms with Crippen molar-refractivity contribution in [2.75, 3.05) is 11.4 Å². The van der Waals surface area contributed by atoms with E-state index in [9.17, 15) is 14.0 Å². The highest BCUT2D eigenvalue weighted by Gasteiger charge is 2.27. The second-order valence-electron chi connectivity index (χ2n) is 7.72. The monoisotopic (exact) mass is 418 g/mol. The minimum absolute atomic E-state index is 0.168. The number of hydrogen-bond acceptors (Lipinski definition) is 4. The lowest BCUT2D eigenvalue weighted by Gasteiger charge is -2.22. The standard InChI is InChI=1S/C24H23FN4O2/c1-16(30)29(15-17-4-5-17)23-9-7-19(11-21(23)25)22-8-6-20(14-27-22)24(31)28-13-18-3-2-10-26-12-18/h2-3,6-12,14,17H,4-5,13,15H2,1H3,(H,28,31). The summed E-state index contributed by atoms with van der Waals surface area (Å²) in [5.41, 5.74) is 2.73. The minimum Gasteiger partial charge on any atom is -0.348 e. The number of amides is 2. The summed E-state index contributed by atoms with van der Waals surface area (Å²) < 4.78 is 14.8. The van der Waals surface area contributed by atoms with E-state index in [0.29, 0.717) is 35.8 Å². The fourth-order valence-corrected chi connectivity index (χ4v) is 3.33. The summed E-state index contributed by atoms with van der Waals surface area (Å²) in [7, 11) is 0. The van der Waals surface area contributed by atoms with Gasteiger partial charge in [-0.2, -0.15) is 0 Å². The van der Waals surface area contributed by atoms with Gasteiger partial charge in [0, 0.05) is 44.2 Å². The van der Waals surface area contributed by atoms with Crippen LogP contribution < -0.4 is 10.2 Å². The molecule has 2 heterocycles. The average molecular weight is 418 g/mol. The molecule has 0 spiro atoms. The number of halogens is 1. The third-order valence-corrected chi connectivity index (χ3v) is 5.25. The van der Waals surface area contributed by atoms with E-state index in [1.807, 2.05) is 12.1 Å². The Morgan fingerprint density at radius 2 is 2.00 bits per heavy atom. The summed E-state index contributed by atoms with van der Waals surface area (Å²) in [5.74, 6) is -0.421. The number of carbonyl (C=O) groups excluding carboxylic acids is 2. The van der Waals surface area contributed by atoms with Gasteiger partial charge in [0.05, 0.1) is 16.9 Å². The molecule has 1 aliphatic carbocycles. The van der Waals surface area contributed by atoms with Crippen LogP contribution in [-0.4, -0.2) is 28.3 Å². The van der Waals surface area contributed by atoms with E-state index in [2.05, 4.69) is 15.3 Å². The van der Waals surface area contributed by atoms with Crippen LogP contribution in [0.3, 0.4) is 0 Å². The summed E-state index contributed by atoms with van der Waals surface area (Å²) >= 11 is 0. The molecule has 3 aromatic rings. The molecule has 1 fully saturated rings. The van der Waals surface area contributed by atoms with E-state index in [-0.39, 0.29) is 17.5 Å². The largest absolute Gasteiger partial charge is 0.348 e. The summed E-state index contributed by atoms with van der Waals surface area (Å²) in [6.45, 7) is 2.37. The van der Waals surface area contributed by atoms with Gasteiger partial charge in [-0.05, 0) is 54.7 Å². The lowest BCUT2D eigenvalue weighted by molar-refractivity contribution is -0.116. The number of hydrogen-bond donors (Lipinski definition) is 1. The van der Waals surface area contributed by atoms with Crippen LogP contribution in [0.1, 0.15) is 35.7 Å². The third-order valence-electron chi connectivity index (χ3n) is 5.25. The first kappa shape index (κ1) is 20.7. The van der Waals surface area contributed by atoms with Gasteiger partial charge in [-0.15, -0.1) is 0 Å². The summed E-state index contributed by atoms with van der Waals surface area (Å²) in [4.78, 5) is 34.1. The van der Waals surface area contributed by atoms with Gasteiger partial charge in [-0.1, -0.05) is 12.1 Å². The molecule has 2 amide bonds. The van der Waals surface area contributed by atoms with Gasteiger partial charge in [0.1, 0.15) is 5.82 Å². The highest BCUT2D eigenvalue weighted by molar-refractivity contribution is 5.94. The smallest absolute Gasteiger partial charge is 0.253 e. The Bertz CT molecular complexity index is 1080. The molecule has 1 aromatic carbocycles. The fraction of sp³-hybridized carbons (Fsp3) is 0.250. The van der Waals surface area contributed by atoms with E-state index < -0.39 is 5.82 Å². The van der Waals surface area contributed by atoms with Crippen molar-refractivity contribution in [2.24, 2.45) is 5.92 Å². The number of nitrogens with one attached hydrogen (secondary N) is 1. The first-order chi connectivity index (χ1) is 15.0. The predicted octanol–water partition coefficient (Wildman–Crippen LogP) is 3.98. The van der Waals surface area contributed by atoms with E-state index in [0.717, 1.165) is 18.4 Å². The van der Waals surface area contributed by atoms with E-state index in [1.54, 1.807) is 36.7 Å². The average Bonchev–Trinajstić information content (AvgIpc) is 3.61. The normalized spacial score (nSPS) is 13.0. The molecule has 7 heteroatoms. The second kappa shape index (κ2) is 9.04. The molecule has 0 bridgehead atoms. The van der Waals surface area contributed by atoms with Gasteiger partial charge >= 0.3 is 0 Å². The molecule has 0 atom stereocenters. The SMILES string of the molecule is CC(=O)N(CC1CC1)c1ccc(-c2ccc(C(=O)NCc3cccnc3)cn2)cc1F. The number of aromatic nitrogens is 2. The maximum absolute atomic E-state index is 14.8. The van der Waals surface area contributed by atoms with E-state index in [1.165, 1.54) is 24.1 Å². The molecule has 158 valence electrons. The van der Waals surface area contributed by atoms with Gasteiger partial charge < -0.3 is 10.2 Å². The van der Waals surface area contributed by atoms with Crippen molar-refractivity contribution in [1.29, 1.82) is 0 Å². The van der Waals surface area contributed by atoms with Gasteiger partial charge in [0.2, 0.25) is 5.91 Å². The molecule has 1 N–H and O–H groups in total. The number of pyridine rings is 2. The van der Waals surface area contributed by atoms with Crippen LogP contribution in [0.5, 0.6) is 0 Å². The first-order valence-electron chi connectivity index (χ1n) is 10.2. The molecular weight excluding hydrogens is 395 g/mol. The number of nitrogens with zero attached hydrogens (tertiary/aromatic N) is 3. The number of anilines is 1. The number of benzene rings is 1. The third kappa shape index (κ3) is 5.12. The molecule has 2 aromatic heterocycles. The molecule has 31 heavy (non-hydrogen) atoms. The van der Waals surface area contributed by atoms with E-state index in [4.69, 9.17) is 0 Å². The molecule has 0 saturated heterocycles. The van der Waals surface area contributed by atoms with Gasteiger partial charge in [-0.3, -0.25) is 19.6 Å². The number of carbonyl (C=O) groups is 2. The molecule has 1 aliphatic rings. The second-order valence-corrected chi connectivity index (χ2v) is 7.72. The Morgan fingerprint density at radius 3 is 2.61 bits per heavy atom. The van der Waals surface area contributed by atoms with Crippen LogP contribution in [0, 0.1) is 11.7 Å². The highest BCUT2D eigenvalue weighted by atomic mass is 19.1. The quantitative estimate of drug-likeness (QED) is 0.630. The van der Waals surface area contributed by atoms with Crippen molar-refractivity contribution in [3.8, 4) is 11.3 Å².